The Balaban J connectivity index is 1.72. The van der Waals surface area contributed by atoms with Gasteiger partial charge in [0.05, 0.1) is 6.10 Å². The van der Waals surface area contributed by atoms with Crippen molar-refractivity contribution >= 4 is 11.8 Å². The second-order valence-electron chi connectivity index (χ2n) is 7.77. The van der Waals surface area contributed by atoms with Crippen molar-refractivity contribution in [2.45, 2.75) is 50.5 Å². The van der Waals surface area contributed by atoms with Crippen molar-refractivity contribution in [3.8, 4) is 0 Å². The van der Waals surface area contributed by atoms with Crippen molar-refractivity contribution in [3.05, 3.63) is 0 Å². The summed E-state index contributed by atoms with van der Waals surface area (Å²) < 4.78 is 6.26. The van der Waals surface area contributed by atoms with Gasteiger partial charge in [-0.2, -0.15) is 11.8 Å². The Hall–Kier alpha value is 0.230. The van der Waals surface area contributed by atoms with Gasteiger partial charge in [-0.1, -0.05) is 13.8 Å². The van der Waals surface area contributed by atoms with Crippen LogP contribution in [0, 0.1) is 11.3 Å². The molecule has 0 amide bonds. The third-order valence-electron chi connectivity index (χ3n) is 5.65. The first kappa shape index (κ1) is 14.2. The fourth-order valence-electron chi connectivity index (χ4n) is 4.42. The van der Waals surface area contributed by atoms with E-state index in [1.807, 2.05) is 0 Å². The zero-order valence-electron chi connectivity index (χ0n) is 12.7. The van der Waals surface area contributed by atoms with Crippen molar-refractivity contribution in [1.29, 1.82) is 0 Å². The standard InChI is InChI=1S/C15H28N2OS/c1-13(2)9-17(6-8-19-13)10-15(16)11-5-7-18-12(11)14(15,3)4/h11-12H,5-10,16H2,1-4H3. The Morgan fingerprint density at radius 2 is 2.05 bits per heavy atom. The molecule has 1 saturated carbocycles. The summed E-state index contributed by atoms with van der Waals surface area (Å²) in [5, 5.41) is 0. The average Bonchev–Trinajstić information content (AvgIpc) is 2.75. The lowest BCUT2D eigenvalue weighted by atomic mass is 9.48. The van der Waals surface area contributed by atoms with Crippen molar-refractivity contribution in [1.82, 2.24) is 4.90 Å². The first-order chi connectivity index (χ1) is 8.76. The summed E-state index contributed by atoms with van der Waals surface area (Å²) in [6.45, 7) is 13.6. The summed E-state index contributed by atoms with van der Waals surface area (Å²) in [4.78, 5) is 2.59. The van der Waals surface area contributed by atoms with E-state index in [9.17, 15) is 0 Å². The minimum Gasteiger partial charge on any atom is -0.377 e. The highest BCUT2D eigenvalue weighted by atomic mass is 32.2. The van der Waals surface area contributed by atoms with Crippen LogP contribution in [0.5, 0.6) is 0 Å². The molecule has 0 radical (unpaired) electrons. The summed E-state index contributed by atoms with van der Waals surface area (Å²) in [6, 6.07) is 0. The van der Waals surface area contributed by atoms with E-state index < -0.39 is 0 Å². The topological polar surface area (TPSA) is 38.5 Å². The van der Waals surface area contributed by atoms with E-state index in [2.05, 4.69) is 44.4 Å². The van der Waals surface area contributed by atoms with Gasteiger partial charge in [0.1, 0.15) is 0 Å². The Kier molecular flexibility index (Phi) is 3.25. The van der Waals surface area contributed by atoms with Crippen molar-refractivity contribution < 1.29 is 4.74 Å². The molecule has 3 unspecified atom stereocenters. The first-order valence-corrected chi connectivity index (χ1v) is 8.52. The number of nitrogens with zero attached hydrogens (tertiary/aromatic N) is 1. The number of thioether (sulfide) groups is 1. The minimum atomic E-state index is -0.0632. The normalized spacial score (nSPS) is 44.7. The quantitative estimate of drug-likeness (QED) is 0.841. The largest absolute Gasteiger partial charge is 0.377 e. The van der Waals surface area contributed by atoms with Gasteiger partial charge < -0.3 is 10.5 Å². The second kappa shape index (κ2) is 4.36. The maximum absolute atomic E-state index is 6.86. The summed E-state index contributed by atoms with van der Waals surface area (Å²) in [5.74, 6) is 1.80. The van der Waals surface area contributed by atoms with E-state index in [0.29, 0.717) is 16.8 Å². The summed E-state index contributed by atoms with van der Waals surface area (Å²) in [7, 11) is 0. The highest BCUT2D eigenvalue weighted by Gasteiger charge is 2.67. The predicted octanol–water partition coefficient (Wildman–Crippen LogP) is 1.96. The van der Waals surface area contributed by atoms with Crippen LogP contribution in [-0.2, 0) is 4.74 Å². The number of nitrogens with two attached hydrogens (primary N) is 1. The zero-order valence-corrected chi connectivity index (χ0v) is 13.6. The zero-order chi connectivity index (χ0) is 13.9. The molecule has 3 fully saturated rings. The van der Waals surface area contributed by atoms with E-state index in [1.165, 1.54) is 12.3 Å². The third-order valence-corrected chi connectivity index (χ3v) is 6.95. The summed E-state index contributed by atoms with van der Waals surface area (Å²) in [6.07, 6.45) is 1.54. The fourth-order valence-corrected chi connectivity index (χ4v) is 5.59. The van der Waals surface area contributed by atoms with Crippen LogP contribution in [0.15, 0.2) is 0 Å². The van der Waals surface area contributed by atoms with Gasteiger partial charge in [-0.05, 0) is 20.3 Å². The van der Waals surface area contributed by atoms with Gasteiger partial charge in [0.25, 0.3) is 0 Å². The fraction of sp³-hybridized carbons (Fsp3) is 1.00. The molecule has 3 atom stereocenters. The lowest BCUT2D eigenvalue weighted by molar-refractivity contribution is -0.163. The van der Waals surface area contributed by atoms with Gasteiger partial charge in [-0.15, -0.1) is 0 Å². The van der Waals surface area contributed by atoms with Crippen LogP contribution in [0.2, 0.25) is 0 Å². The smallest absolute Gasteiger partial charge is 0.0691 e. The molecule has 3 aliphatic rings. The molecule has 3 rings (SSSR count). The molecule has 0 aromatic carbocycles. The maximum Gasteiger partial charge on any atom is 0.0691 e. The van der Waals surface area contributed by atoms with Crippen LogP contribution in [-0.4, -0.2) is 53.3 Å². The van der Waals surface area contributed by atoms with Crippen LogP contribution in [0.3, 0.4) is 0 Å². The molecule has 4 heteroatoms. The van der Waals surface area contributed by atoms with Gasteiger partial charge in [0.2, 0.25) is 0 Å². The van der Waals surface area contributed by atoms with Gasteiger partial charge in [-0.25, -0.2) is 0 Å². The van der Waals surface area contributed by atoms with E-state index in [4.69, 9.17) is 10.5 Å². The molecule has 2 saturated heterocycles. The predicted molar refractivity (Wildman–Crippen MR) is 81.5 cm³/mol. The summed E-state index contributed by atoms with van der Waals surface area (Å²) >= 11 is 2.09. The lowest BCUT2D eigenvalue weighted by Gasteiger charge is -2.64. The van der Waals surface area contributed by atoms with Gasteiger partial charge >= 0.3 is 0 Å². The van der Waals surface area contributed by atoms with Crippen LogP contribution in [0.1, 0.15) is 34.1 Å². The van der Waals surface area contributed by atoms with Gasteiger partial charge in [0, 0.05) is 53.6 Å². The minimum absolute atomic E-state index is 0.0632. The van der Waals surface area contributed by atoms with E-state index in [1.54, 1.807) is 0 Å². The van der Waals surface area contributed by atoms with Crippen molar-refractivity contribution in [2.24, 2.45) is 17.1 Å². The lowest BCUT2D eigenvalue weighted by Crippen LogP contribution is -2.78. The summed E-state index contributed by atoms with van der Waals surface area (Å²) in [5.41, 5.74) is 6.91. The van der Waals surface area contributed by atoms with Crippen LogP contribution in [0.4, 0.5) is 0 Å². The highest BCUT2D eigenvalue weighted by Crippen LogP contribution is 2.58. The second-order valence-corrected chi connectivity index (χ2v) is 9.57. The van der Waals surface area contributed by atoms with Crippen LogP contribution < -0.4 is 5.73 Å². The molecule has 2 N–H and O–H groups in total. The SMILES string of the molecule is CC1(C)CN(CC2(N)C3CCOC3C2(C)C)CCS1. The molecule has 1 aliphatic carbocycles. The Labute approximate surface area is 121 Å². The van der Waals surface area contributed by atoms with Crippen LogP contribution in [0.25, 0.3) is 0 Å². The molecule has 2 aliphatic heterocycles. The Morgan fingerprint density at radius 3 is 2.74 bits per heavy atom. The van der Waals surface area contributed by atoms with Gasteiger partial charge in [-0.3, -0.25) is 4.90 Å². The van der Waals surface area contributed by atoms with E-state index >= 15 is 0 Å². The van der Waals surface area contributed by atoms with Crippen molar-refractivity contribution in [2.75, 3.05) is 32.0 Å². The number of ether oxygens (including phenoxy) is 1. The Bertz CT molecular complexity index is 371. The average molecular weight is 284 g/mol. The molecule has 2 heterocycles. The molecular weight excluding hydrogens is 256 g/mol. The molecule has 3 nitrogen and oxygen atoms in total. The number of fused-ring (bicyclic) bond motifs is 1. The van der Waals surface area contributed by atoms with Gasteiger partial charge in [0.15, 0.2) is 0 Å². The third kappa shape index (κ3) is 2.06. The van der Waals surface area contributed by atoms with E-state index in [0.717, 1.165) is 26.1 Å². The first-order valence-electron chi connectivity index (χ1n) is 7.53. The molecule has 0 bridgehead atoms. The molecule has 0 spiro atoms. The molecule has 110 valence electrons. The van der Waals surface area contributed by atoms with Crippen molar-refractivity contribution in [3.63, 3.8) is 0 Å². The van der Waals surface area contributed by atoms with Crippen LogP contribution >= 0.6 is 11.8 Å². The Morgan fingerprint density at radius 1 is 1.32 bits per heavy atom. The maximum atomic E-state index is 6.86. The molecule has 19 heavy (non-hydrogen) atoms. The number of hydrogen-bond acceptors (Lipinski definition) is 4. The number of hydrogen-bond donors (Lipinski definition) is 1. The number of rotatable bonds is 2. The molecule has 0 aromatic heterocycles. The molecular formula is C15H28N2OS. The molecule has 0 aromatic rings. The van der Waals surface area contributed by atoms with E-state index in [-0.39, 0.29) is 11.0 Å². The highest BCUT2D eigenvalue weighted by molar-refractivity contribution is 8.00. The monoisotopic (exact) mass is 284 g/mol.